The van der Waals surface area contributed by atoms with Gasteiger partial charge in [-0.25, -0.2) is 4.79 Å². The van der Waals surface area contributed by atoms with E-state index in [1.807, 2.05) is 30.3 Å². The molecule has 0 atom stereocenters. The zero-order valence-electron chi connectivity index (χ0n) is 14.7. The van der Waals surface area contributed by atoms with Crippen molar-refractivity contribution in [3.8, 4) is 22.9 Å². The Morgan fingerprint density at radius 1 is 0.923 bits per heavy atom. The second kappa shape index (κ2) is 7.56. The van der Waals surface area contributed by atoms with Crippen molar-refractivity contribution in [2.24, 2.45) is 7.05 Å². The maximum atomic E-state index is 12.2. The molecular weight excluding hydrogens is 334 g/mol. The summed E-state index contributed by atoms with van der Waals surface area (Å²) in [5.41, 5.74) is 6.90. The molecule has 2 aromatic carbocycles. The fourth-order valence-corrected chi connectivity index (χ4v) is 2.40. The first kappa shape index (κ1) is 17.3. The van der Waals surface area contributed by atoms with E-state index in [-0.39, 0.29) is 5.95 Å². The number of hydrogen-bond acceptors (Lipinski definition) is 7. The fourth-order valence-electron chi connectivity index (χ4n) is 2.40. The van der Waals surface area contributed by atoms with Gasteiger partial charge in [0.2, 0.25) is 5.95 Å². The van der Waals surface area contributed by atoms with E-state index < -0.39 is 5.69 Å². The molecule has 3 aromatic rings. The van der Waals surface area contributed by atoms with Gasteiger partial charge in [0.15, 0.2) is 11.5 Å². The van der Waals surface area contributed by atoms with E-state index in [0.717, 1.165) is 5.69 Å². The largest absolute Gasteiger partial charge is 0.493 e. The van der Waals surface area contributed by atoms with Gasteiger partial charge in [-0.2, -0.15) is 9.97 Å². The molecule has 8 nitrogen and oxygen atoms in total. The average Bonchev–Trinajstić information content (AvgIpc) is 2.69. The van der Waals surface area contributed by atoms with Crippen LogP contribution in [0.1, 0.15) is 0 Å². The Bertz CT molecular complexity index is 957. The number of para-hydroxylation sites is 1. The summed E-state index contributed by atoms with van der Waals surface area (Å²) in [5.74, 6) is 1.76. The Morgan fingerprint density at radius 2 is 1.65 bits per heavy atom. The highest BCUT2D eigenvalue weighted by Gasteiger charge is 2.12. The number of hydrogen-bond donors (Lipinski definition) is 2. The van der Waals surface area contributed by atoms with Gasteiger partial charge in [0.1, 0.15) is 5.82 Å². The number of methoxy groups -OCH3 is 2. The van der Waals surface area contributed by atoms with Gasteiger partial charge in [0, 0.05) is 12.6 Å². The van der Waals surface area contributed by atoms with Crippen molar-refractivity contribution < 1.29 is 9.47 Å². The van der Waals surface area contributed by atoms with Gasteiger partial charge in [0.25, 0.3) is 0 Å². The lowest BCUT2D eigenvalue weighted by atomic mass is 10.2. The standard InChI is InChI=1S/C18H19N5O3/c1-23-16(12-9-10-14(25-2)15(11-12)26-3)19-17(20-18(23)24)22-21-13-7-5-4-6-8-13/h4-11,21H,1-3H3,(H,20,22,24). The lowest BCUT2D eigenvalue weighted by Gasteiger charge is -2.13. The molecule has 0 bridgehead atoms. The first-order valence-electron chi connectivity index (χ1n) is 7.87. The SMILES string of the molecule is COc1ccc(-c2nc(NNc3ccccc3)nc(=O)n2C)cc1OC. The molecule has 8 heteroatoms. The predicted octanol–water partition coefficient (Wildman–Crippen LogP) is 2.30. The highest BCUT2D eigenvalue weighted by molar-refractivity contribution is 5.62. The van der Waals surface area contributed by atoms with Gasteiger partial charge in [0.05, 0.1) is 19.9 Å². The number of hydrazine groups is 1. The second-order valence-corrected chi connectivity index (χ2v) is 5.40. The van der Waals surface area contributed by atoms with Crippen molar-refractivity contribution in [3.05, 3.63) is 59.0 Å². The molecule has 0 amide bonds. The first-order valence-corrected chi connectivity index (χ1v) is 7.87. The Balaban J connectivity index is 1.94. The summed E-state index contributed by atoms with van der Waals surface area (Å²) >= 11 is 0. The van der Waals surface area contributed by atoms with E-state index in [4.69, 9.17) is 9.47 Å². The molecule has 2 N–H and O–H groups in total. The molecule has 1 heterocycles. The van der Waals surface area contributed by atoms with Crippen LogP contribution in [0.15, 0.2) is 53.3 Å². The van der Waals surface area contributed by atoms with Crippen LogP contribution in [0, 0.1) is 0 Å². The van der Waals surface area contributed by atoms with Crippen molar-refractivity contribution in [1.29, 1.82) is 0 Å². The minimum absolute atomic E-state index is 0.168. The lowest BCUT2D eigenvalue weighted by Crippen LogP contribution is -2.26. The van der Waals surface area contributed by atoms with Crippen LogP contribution in [-0.2, 0) is 7.05 Å². The molecule has 0 fully saturated rings. The van der Waals surface area contributed by atoms with Crippen LogP contribution in [-0.4, -0.2) is 28.8 Å². The third kappa shape index (κ3) is 3.59. The fraction of sp³-hybridized carbons (Fsp3) is 0.167. The van der Waals surface area contributed by atoms with E-state index in [9.17, 15) is 4.79 Å². The molecule has 0 aliphatic heterocycles. The van der Waals surface area contributed by atoms with Crippen LogP contribution in [0.4, 0.5) is 11.6 Å². The number of benzene rings is 2. The number of rotatable bonds is 6. The summed E-state index contributed by atoms with van der Waals surface area (Å²) in [6.07, 6.45) is 0. The van der Waals surface area contributed by atoms with Crippen LogP contribution >= 0.6 is 0 Å². The summed E-state index contributed by atoms with van der Waals surface area (Å²) in [6.45, 7) is 0. The smallest absolute Gasteiger partial charge is 0.352 e. The molecule has 0 unspecified atom stereocenters. The van der Waals surface area contributed by atoms with E-state index >= 15 is 0 Å². The summed E-state index contributed by atoms with van der Waals surface area (Å²) in [7, 11) is 4.73. The zero-order valence-corrected chi connectivity index (χ0v) is 14.7. The predicted molar refractivity (Wildman–Crippen MR) is 99.5 cm³/mol. The zero-order chi connectivity index (χ0) is 18.5. The van der Waals surface area contributed by atoms with Crippen LogP contribution in [0.25, 0.3) is 11.4 Å². The minimum atomic E-state index is -0.429. The van der Waals surface area contributed by atoms with Crippen molar-refractivity contribution in [2.45, 2.75) is 0 Å². The van der Waals surface area contributed by atoms with E-state index in [2.05, 4.69) is 20.8 Å². The molecule has 0 saturated heterocycles. The van der Waals surface area contributed by atoms with Crippen molar-refractivity contribution in [3.63, 3.8) is 0 Å². The van der Waals surface area contributed by atoms with Crippen LogP contribution in [0.5, 0.6) is 11.5 Å². The lowest BCUT2D eigenvalue weighted by molar-refractivity contribution is 0.355. The molecule has 0 aliphatic carbocycles. The summed E-state index contributed by atoms with van der Waals surface area (Å²) in [6, 6.07) is 14.8. The van der Waals surface area contributed by atoms with Gasteiger partial charge in [-0.05, 0) is 30.3 Å². The topological polar surface area (TPSA) is 90.3 Å². The molecule has 0 saturated carbocycles. The van der Waals surface area contributed by atoms with Crippen molar-refractivity contribution in [2.75, 3.05) is 25.1 Å². The van der Waals surface area contributed by atoms with Crippen molar-refractivity contribution in [1.82, 2.24) is 14.5 Å². The van der Waals surface area contributed by atoms with Gasteiger partial charge in [-0.3, -0.25) is 15.4 Å². The van der Waals surface area contributed by atoms with Gasteiger partial charge >= 0.3 is 5.69 Å². The maximum absolute atomic E-state index is 12.2. The quantitative estimate of drug-likeness (QED) is 0.657. The summed E-state index contributed by atoms with van der Waals surface area (Å²) in [4.78, 5) is 20.6. The summed E-state index contributed by atoms with van der Waals surface area (Å²) < 4.78 is 11.9. The second-order valence-electron chi connectivity index (χ2n) is 5.40. The first-order chi connectivity index (χ1) is 12.6. The van der Waals surface area contributed by atoms with E-state index in [0.29, 0.717) is 22.9 Å². The maximum Gasteiger partial charge on any atom is 0.352 e. The van der Waals surface area contributed by atoms with Crippen LogP contribution in [0.3, 0.4) is 0 Å². The molecule has 0 radical (unpaired) electrons. The van der Waals surface area contributed by atoms with E-state index in [1.54, 1.807) is 39.5 Å². The third-order valence-electron chi connectivity index (χ3n) is 3.75. The normalized spacial score (nSPS) is 10.3. The molecule has 0 aliphatic rings. The van der Waals surface area contributed by atoms with Crippen LogP contribution in [0.2, 0.25) is 0 Å². The minimum Gasteiger partial charge on any atom is -0.493 e. The third-order valence-corrected chi connectivity index (χ3v) is 3.75. The Labute approximate surface area is 150 Å². The van der Waals surface area contributed by atoms with Crippen LogP contribution < -0.4 is 26.0 Å². The monoisotopic (exact) mass is 353 g/mol. The van der Waals surface area contributed by atoms with Crippen molar-refractivity contribution >= 4 is 11.6 Å². The van der Waals surface area contributed by atoms with Gasteiger partial charge < -0.3 is 9.47 Å². The summed E-state index contributed by atoms with van der Waals surface area (Å²) in [5, 5.41) is 0. The van der Waals surface area contributed by atoms with E-state index in [1.165, 1.54) is 4.57 Å². The highest BCUT2D eigenvalue weighted by atomic mass is 16.5. The molecule has 26 heavy (non-hydrogen) atoms. The Morgan fingerprint density at radius 3 is 2.35 bits per heavy atom. The number of nitrogens with zero attached hydrogens (tertiary/aromatic N) is 3. The molecule has 134 valence electrons. The van der Waals surface area contributed by atoms with Gasteiger partial charge in [-0.15, -0.1) is 0 Å². The van der Waals surface area contributed by atoms with Gasteiger partial charge in [-0.1, -0.05) is 18.2 Å². The molecular formula is C18H19N5O3. The number of nitrogens with one attached hydrogen (secondary N) is 2. The molecule has 0 spiro atoms. The highest BCUT2D eigenvalue weighted by Crippen LogP contribution is 2.31. The number of anilines is 2. The Hall–Kier alpha value is -3.55. The number of aromatic nitrogens is 3. The molecule has 3 rings (SSSR count). The average molecular weight is 353 g/mol. The molecule has 1 aromatic heterocycles. The number of ether oxygens (including phenoxy) is 2. The Kier molecular flexibility index (Phi) is 5.02.